The van der Waals surface area contributed by atoms with Gasteiger partial charge in [-0.3, -0.25) is 4.39 Å². The summed E-state index contributed by atoms with van der Waals surface area (Å²) in [4.78, 5) is 0. The topological polar surface area (TPSA) is 12.0 Å². The number of hydrogen-bond donors (Lipinski definition) is 1. The second-order valence-corrected chi connectivity index (χ2v) is 3.41. The van der Waals surface area contributed by atoms with Gasteiger partial charge in [-0.1, -0.05) is 12.1 Å². The Kier molecular flexibility index (Phi) is 4.73. The van der Waals surface area contributed by atoms with E-state index in [1.54, 1.807) is 0 Å². The summed E-state index contributed by atoms with van der Waals surface area (Å²) in [5, 5.41) is 2.94. The van der Waals surface area contributed by atoms with E-state index in [1.165, 1.54) is 12.1 Å². The van der Waals surface area contributed by atoms with Crippen LogP contribution in [0.25, 0.3) is 0 Å². The van der Waals surface area contributed by atoms with Crippen molar-refractivity contribution in [3.63, 3.8) is 0 Å². The third kappa shape index (κ3) is 4.18. The van der Waals surface area contributed by atoms with E-state index in [1.807, 2.05) is 0 Å². The average molecular weight is 235 g/mol. The fourth-order valence-electron chi connectivity index (χ4n) is 1.24. The van der Waals surface area contributed by atoms with E-state index in [2.05, 4.69) is 5.32 Å². The van der Waals surface area contributed by atoms with Crippen LogP contribution in [-0.4, -0.2) is 13.2 Å². The molecule has 0 unspecified atom stereocenters. The van der Waals surface area contributed by atoms with E-state index in [9.17, 15) is 17.6 Å². The summed E-state index contributed by atoms with van der Waals surface area (Å²) >= 11 is 0. The van der Waals surface area contributed by atoms with E-state index in [0.29, 0.717) is 19.5 Å². The molecule has 1 N–H and O–H groups in total. The molecule has 16 heavy (non-hydrogen) atoms. The molecule has 1 aromatic carbocycles. The SMILES string of the molecule is FCCCNCc1ccc(C(F)(F)F)cc1. The molecule has 0 spiro atoms. The van der Waals surface area contributed by atoms with Crippen molar-refractivity contribution in [3.8, 4) is 0 Å². The zero-order valence-corrected chi connectivity index (χ0v) is 8.65. The third-order valence-electron chi connectivity index (χ3n) is 2.10. The van der Waals surface area contributed by atoms with Gasteiger partial charge in [0.15, 0.2) is 0 Å². The first-order chi connectivity index (χ1) is 7.54. The van der Waals surface area contributed by atoms with Gasteiger partial charge in [-0.05, 0) is 30.7 Å². The minimum atomic E-state index is -4.29. The van der Waals surface area contributed by atoms with Crippen LogP contribution in [0.2, 0.25) is 0 Å². The second kappa shape index (κ2) is 5.84. The van der Waals surface area contributed by atoms with Crippen LogP contribution in [0.4, 0.5) is 17.6 Å². The molecule has 0 heterocycles. The average Bonchev–Trinajstić information content (AvgIpc) is 2.24. The predicted octanol–water partition coefficient (Wildman–Crippen LogP) is 3.15. The Bertz CT molecular complexity index is 305. The van der Waals surface area contributed by atoms with Crippen LogP contribution in [0.5, 0.6) is 0 Å². The molecule has 0 aromatic heterocycles. The van der Waals surface area contributed by atoms with Gasteiger partial charge in [0.25, 0.3) is 0 Å². The highest BCUT2D eigenvalue weighted by atomic mass is 19.4. The van der Waals surface area contributed by atoms with Gasteiger partial charge >= 0.3 is 6.18 Å². The number of rotatable bonds is 5. The van der Waals surface area contributed by atoms with Gasteiger partial charge in [-0.15, -0.1) is 0 Å². The Hall–Kier alpha value is -1.10. The summed E-state index contributed by atoms with van der Waals surface area (Å²) in [5.74, 6) is 0. The van der Waals surface area contributed by atoms with E-state index >= 15 is 0 Å². The molecular weight excluding hydrogens is 222 g/mol. The van der Waals surface area contributed by atoms with Gasteiger partial charge in [-0.2, -0.15) is 13.2 Å². The van der Waals surface area contributed by atoms with Gasteiger partial charge in [-0.25, -0.2) is 0 Å². The summed E-state index contributed by atoms with van der Waals surface area (Å²) in [5.41, 5.74) is 0.104. The highest BCUT2D eigenvalue weighted by molar-refractivity contribution is 5.24. The van der Waals surface area contributed by atoms with Crippen LogP contribution in [0, 0.1) is 0 Å². The lowest BCUT2D eigenvalue weighted by molar-refractivity contribution is -0.137. The van der Waals surface area contributed by atoms with Crippen LogP contribution >= 0.6 is 0 Å². The van der Waals surface area contributed by atoms with Crippen molar-refractivity contribution in [1.82, 2.24) is 5.32 Å². The molecule has 0 bridgehead atoms. The summed E-state index contributed by atoms with van der Waals surface area (Å²) < 4.78 is 48.4. The van der Waals surface area contributed by atoms with Crippen molar-refractivity contribution in [2.24, 2.45) is 0 Å². The number of hydrogen-bond acceptors (Lipinski definition) is 1. The molecule has 1 aromatic rings. The summed E-state index contributed by atoms with van der Waals surface area (Å²) in [6, 6.07) is 4.94. The normalized spacial score (nSPS) is 11.8. The largest absolute Gasteiger partial charge is 0.416 e. The molecule has 0 aliphatic rings. The maximum atomic E-state index is 12.2. The zero-order valence-electron chi connectivity index (χ0n) is 8.65. The Labute approximate surface area is 91.5 Å². The first kappa shape index (κ1) is 13.0. The van der Waals surface area contributed by atoms with E-state index in [0.717, 1.165) is 17.7 Å². The Morgan fingerprint density at radius 3 is 2.19 bits per heavy atom. The summed E-state index contributed by atoms with van der Waals surface area (Å²) in [6.45, 7) is 0.593. The van der Waals surface area contributed by atoms with Crippen LogP contribution in [0.15, 0.2) is 24.3 Å². The lowest BCUT2D eigenvalue weighted by Gasteiger charge is -2.08. The van der Waals surface area contributed by atoms with Crippen LogP contribution in [0.1, 0.15) is 17.5 Å². The molecule has 0 saturated heterocycles. The smallest absolute Gasteiger partial charge is 0.313 e. The van der Waals surface area contributed by atoms with Crippen molar-refractivity contribution in [2.75, 3.05) is 13.2 Å². The fourth-order valence-corrected chi connectivity index (χ4v) is 1.24. The molecule has 0 radical (unpaired) electrons. The van der Waals surface area contributed by atoms with Gasteiger partial charge in [0, 0.05) is 6.54 Å². The quantitative estimate of drug-likeness (QED) is 0.610. The highest BCUT2D eigenvalue weighted by Crippen LogP contribution is 2.28. The first-order valence-corrected chi connectivity index (χ1v) is 4.97. The van der Waals surface area contributed by atoms with Gasteiger partial charge in [0.2, 0.25) is 0 Å². The highest BCUT2D eigenvalue weighted by Gasteiger charge is 2.29. The maximum absolute atomic E-state index is 12.2. The predicted molar refractivity (Wildman–Crippen MR) is 53.7 cm³/mol. The molecule has 0 fully saturated rings. The number of halogens is 4. The van der Waals surface area contributed by atoms with Crippen LogP contribution in [0.3, 0.4) is 0 Å². The molecule has 0 saturated carbocycles. The van der Waals surface area contributed by atoms with Crippen molar-refractivity contribution in [3.05, 3.63) is 35.4 Å². The zero-order chi connectivity index (χ0) is 12.0. The lowest BCUT2D eigenvalue weighted by Crippen LogP contribution is -2.15. The number of benzene rings is 1. The lowest BCUT2D eigenvalue weighted by atomic mass is 10.1. The van der Waals surface area contributed by atoms with Crippen LogP contribution in [-0.2, 0) is 12.7 Å². The fraction of sp³-hybridized carbons (Fsp3) is 0.455. The first-order valence-electron chi connectivity index (χ1n) is 4.97. The van der Waals surface area contributed by atoms with Crippen molar-refractivity contribution < 1.29 is 17.6 Å². The summed E-state index contributed by atoms with van der Waals surface area (Å²) in [6.07, 6.45) is -3.87. The molecule has 90 valence electrons. The minimum Gasteiger partial charge on any atom is -0.313 e. The monoisotopic (exact) mass is 235 g/mol. The molecule has 1 rings (SSSR count). The number of alkyl halides is 4. The van der Waals surface area contributed by atoms with Crippen molar-refractivity contribution in [1.29, 1.82) is 0 Å². The molecular formula is C11H13F4N. The standard InChI is InChI=1S/C11H13F4N/c12-6-1-7-16-8-9-2-4-10(5-3-9)11(13,14)15/h2-5,16H,1,6-8H2. The Morgan fingerprint density at radius 2 is 1.69 bits per heavy atom. The second-order valence-electron chi connectivity index (χ2n) is 3.41. The molecule has 0 aliphatic carbocycles. The maximum Gasteiger partial charge on any atom is 0.416 e. The van der Waals surface area contributed by atoms with Crippen molar-refractivity contribution in [2.45, 2.75) is 19.1 Å². The van der Waals surface area contributed by atoms with Gasteiger partial charge < -0.3 is 5.32 Å². The van der Waals surface area contributed by atoms with E-state index < -0.39 is 11.7 Å². The minimum absolute atomic E-state index is 0.389. The molecule has 0 atom stereocenters. The molecule has 0 amide bonds. The molecule has 0 aliphatic heterocycles. The van der Waals surface area contributed by atoms with E-state index in [4.69, 9.17) is 0 Å². The Balaban J connectivity index is 2.46. The number of nitrogens with one attached hydrogen (secondary N) is 1. The Morgan fingerprint density at radius 1 is 1.06 bits per heavy atom. The van der Waals surface area contributed by atoms with Crippen LogP contribution < -0.4 is 5.32 Å². The molecule has 1 nitrogen and oxygen atoms in total. The van der Waals surface area contributed by atoms with Gasteiger partial charge in [0.1, 0.15) is 0 Å². The third-order valence-corrected chi connectivity index (χ3v) is 2.10. The van der Waals surface area contributed by atoms with E-state index in [-0.39, 0.29) is 6.67 Å². The summed E-state index contributed by atoms with van der Waals surface area (Å²) in [7, 11) is 0. The van der Waals surface area contributed by atoms with Crippen molar-refractivity contribution >= 4 is 0 Å². The van der Waals surface area contributed by atoms with Gasteiger partial charge in [0.05, 0.1) is 12.2 Å². The molecule has 5 heteroatoms.